The minimum atomic E-state index is -0.740. The van der Waals surface area contributed by atoms with Crippen LogP contribution in [0.4, 0.5) is 0 Å². The third kappa shape index (κ3) is 5.24. The second-order valence-electron chi connectivity index (χ2n) is 3.70. The van der Waals surface area contributed by atoms with Gasteiger partial charge in [-0.05, 0) is 31.4 Å². The number of benzene rings is 1. The fourth-order valence-corrected chi connectivity index (χ4v) is 1.48. The Labute approximate surface area is 101 Å². The van der Waals surface area contributed by atoms with Crippen molar-refractivity contribution in [1.29, 1.82) is 0 Å². The first-order valence-electron chi connectivity index (χ1n) is 5.71. The van der Waals surface area contributed by atoms with Crippen molar-refractivity contribution < 1.29 is 19.4 Å². The van der Waals surface area contributed by atoms with Gasteiger partial charge in [0, 0.05) is 6.42 Å². The number of para-hydroxylation sites is 2. The van der Waals surface area contributed by atoms with Gasteiger partial charge in [0.15, 0.2) is 11.5 Å². The second-order valence-corrected chi connectivity index (χ2v) is 3.70. The van der Waals surface area contributed by atoms with Crippen LogP contribution in [-0.2, 0) is 4.79 Å². The molecule has 0 saturated heterocycles. The number of aliphatic carboxylic acids is 1. The minimum absolute atomic E-state index is 0.231. The van der Waals surface area contributed by atoms with Gasteiger partial charge >= 0.3 is 5.97 Å². The molecule has 0 saturated carbocycles. The molecule has 0 radical (unpaired) electrons. The second kappa shape index (κ2) is 7.54. The Kier molecular flexibility index (Phi) is 5.93. The number of rotatable bonds is 8. The van der Waals surface area contributed by atoms with Crippen LogP contribution in [0.5, 0.6) is 11.5 Å². The summed E-state index contributed by atoms with van der Waals surface area (Å²) in [5.41, 5.74) is 0. The molecule has 1 N–H and O–H groups in total. The van der Waals surface area contributed by atoms with E-state index in [1.54, 1.807) is 7.11 Å². The maximum Gasteiger partial charge on any atom is 0.303 e. The number of hydrogen-bond donors (Lipinski definition) is 1. The molecule has 94 valence electrons. The van der Waals surface area contributed by atoms with Crippen LogP contribution in [0, 0.1) is 0 Å². The van der Waals surface area contributed by atoms with E-state index in [2.05, 4.69) is 0 Å². The molecule has 0 atom stereocenters. The van der Waals surface area contributed by atoms with Gasteiger partial charge in [-0.25, -0.2) is 0 Å². The zero-order chi connectivity index (χ0) is 12.5. The number of ether oxygens (including phenoxy) is 2. The molecule has 0 heterocycles. The summed E-state index contributed by atoms with van der Waals surface area (Å²) in [5.74, 6) is 0.710. The molecular formula is C13H18O4. The Morgan fingerprint density at radius 1 is 1.18 bits per heavy atom. The summed E-state index contributed by atoms with van der Waals surface area (Å²) in [7, 11) is 1.61. The van der Waals surface area contributed by atoms with Crippen molar-refractivity contribution in [3.05, 3.63) is 24.3 Å². The summed E-state index contributed by atoms with van der Waals surface area (Å²) in [6, 6.07) is 7.48. The summed E-state index contributed by atoms with van der Waals surface area (Å²) < 4.78 is 10.7. The van der Waals surface area contributed by atoms with Gasteiger partial charge in [-0.1, -0.05) is 12.1 Å². The molecule has 17 heavy (non-hydrogen) atoms. The number of unbranched alkanes of at least 4 members (excludes halogenated alkanes) is 2. The van der Waals surface area contributed by atoms with Crippen molar-refractivity contribution in [3.63, 3.8) is 0 Å². The Morgan fingerprint density at radius 3 is 2.53 bits per heavy atom. The lowest BCUT2D eigenvalue weighted by Crippen LogP contribution is -2.00. The molecule has 0 aliphatic rings. The molecule has 0 bridgehead atoms. The summed E-state index contributed by atoms with van der Waals surface area (Å²) in [4.78, 5) is 10.3. The maximum atomic E-state index is 10.3. The molecular weight excluding hydrogens is 220 g/mol. The average Bonchev–Trinajstić information content (AvgIpc) is 2.33. The predicted octanol–water partition coefficient (Wildman–Crippen LogP) is 2.72. The van der Waals surface area contributed by atoms with Gasteiger partial charge < -0.3 is 14.6 Å². The van der Waals surface area contributed by atoms with Crippen LogP contribution >= 0.6 is 0 Å². The van der Waals surface area contributed by atoms with Crippen LogP contribution in [-0.4, -0.2) is 24.8 Å². The van der Waals surface area contributed by atoms with E-state index < -0.39 is 5.97 Å². The van der Waals surface area contributed by atoms with Gasteiger partial charge in [0.1, 0.15) is 0 Å². The quantitative estimate of drug-likeness (QED) is 0.707. The zero-order valence-corrected chi connectivity index (χ0v) is 10.0. The molecule has 0 aliphatic heterocycles. The molecule has 1 rings (SSSR count). The summed E-state index contributed by atoms with van der Waals surface area (Å²) in [6.07, 6.45) is 2.64. The van der Waals surface area contributed by atoms with Crippen LogP contribution in [0.25, 0.3) is 0 Å². The van der Waals surface area contributed by atoms with Gasteiger partial charge in [-0.3, -0.25) is 4.79 Å². The molecule has 1 aromatic carbocycles. The van der Waals surface area contributed by atoms with Crippen molar-refractivity contribution in [2.24, 2.45) is 0 Å². The average molecular weight is 238 g/mol. The Morgan fingerprint density at radius 2 is 1.88 bits per heavy atom. The van der Waals surface area contributed by atoms with Crippen molar-refractivity contribution in [2.75, 3.05) is 13.7 Å². The van der Waals surface area contributed by atoms with Crippen LogP contribution in [0.2, 0.25) is 0 Å². The topological polar surface area (TPSA) is 55.8 Å². The molecule has 0 unspecified atom stereocenters. The smallest absolute Gasteiger partial charge is 0.303 e. The third-order valence-electron chi connectivity index (χ3n) is 2.36. The molecule has 0 fully saturated rings. The lowest BCUT2D eigenvalue weighted by atomic mass is 10.2. The van der Waals surface area contributed by atoms with Gasteiger partial charge in [0.25, 0.3) is 0 Å². The normalized spacial score (nSPS) is 9.94. The number of hydrogen-bond acceptors (Lipinski definition) is 3. The van der Waals surface area contributed by atoms with E-state index in [1.807, 2.05) is 24.3 Å². The van der Waals surface area contributed by atoms with E-state index >= 15 is 0 Å². The standard InChI is InChI=1S/C13H18O4/c1-16-11-7-4-5-8-12(11)17-10-6-2-3-9-13(14)15/h4-5,7-8H,2-3,6,9-10H2,1H3,(H,14,15). The molecule has 0 aliphatic carbocycles. The maximum absolute atomic E-state index is 10.3. The molecule has 0 spiro atoms. The molecule has 1 aromatic rings. The number of methoxy groups -OCH3 is 1. The van der Waals surface area contributed by atoms with Crippen molar-refractivity contribution >= 4 is 5.97 Å². The summed E-state index contributed by atoms with van der Waals surface area (Å²) in [6.45, 7) is 0.583. The van der Waals surface area contributed by atoms with Crippen molar-refractivity contribution in [2.45, 2.75) is 25.7 Å². The molecule has 0 aromatic heterocycles. The van der Waals surface area contributed by atoms with Crippen LogP contribution < -0.4 is 9.47 Å². The predicted molar refractivity (Wildman–Crippen MR) is 64.6 cm³/mol. The van der Waals surface area contributed by atoms with E-state index in [0.29, 0.717) is 13.0 Å². The third-order valence-corrected chi connectivity index (χ3v) is 2.36. The highest BCUT2D eigenvalue weighted by atomic mass is 16.5. The van der Waals surface area contributed by atoms with E-state index in [-0.39, 0.29) is 6.42 Å². The lowest BCUT2D eigenvalue weighted by Gasteiger charge is -2.09. The van der Waals surface area contributed by atoms with E-state index in [0.717, 1.165) is 24.3 Å². The highest BCUT2D eigenvalue weighted by Crippen LogP contribution is 2.25. The Bertz CT molecular complexity index is 349. The fourth-order valence-electron chi connectivity index (χ4n) is 1.48. The van der Waals surface area contributed by atoms with E-state index in [1.165, 1.54) is 0 Å². The van der Waals surface area contributed by atoms with Crippen LogP contribution in [0.1, 0.15) is 25.7 Å². The number of carboxylic acids is 1. The first-order valence-corrected chi connectivity index (χ1v) is 5.71. The minimum Gasteiger partial charge on any atom is -0.493 e. The molecule has 0 amide bonds. The first kappa shape index (κ1) is 13.4. The van der Waals surface area contributed by atoms with E-state index in [9.17, 15) is 4.79 Å². The van der Waals surface area contributed by atoms with Gasteiger partial charge in [0.05, 0.1) is 13.7 Å². The number of carboxylic acid groups (broad SMARTS) is 1. The summed E-state index contributed by atoms with van der Waals surface area (Å²) in [5, 5.41) is 8.47. The highest BCUT2D eigenvalue weighted by molar-refractivity contribution is 5.66. The van der Waals surface area contributed by atoms with Crippen LogP contribution in [0.3, 0.4) is 0 Å². The Balaban J connectivity index is 2.19. The van der Waals surface area contributed by atoms with Crippen molar-refractivity contribution in [3.8, 4) is 11.5 Å². The van der Waals surface area contributed by atoms with Gasteiger partial charge in [0.2, 0.25) is 0 Å². The van der Waals surface area contributed by atoms with Gasteiger partial charge in [-0.15, -0.1) is 0 Å². The van der Waals surface area contributed by atoms with Crippen molar-refractivity contribution in [1.82, 2.24) is 0 Å². The van der Waals surface area contributed by atoms with Gasteiger partial charge in [-0.2, -0.15) is 0 Å². The Hall–Kier alpha value is -1.71. The monoisotopic (exact) mass is 238 g/mol. The zero-order valence-electron chi connectivity index (χ0n) is 10.0. The highest BCUT2D eigenvalue weighted by Gasteiger charge is 2.02. The largest absolute Gasteiger partial charge is 0.493 e. The molecule has 4 nitrogen and oxygen atoms in total. The SMILES string of the molecule is COc1ccccc1OCCCCCC(=O)O. The summed E-state index contributed by atoms with van der Waals surface area (Å²) >= 11 is 0. The fraction of sp³-hybridized carbons (Fsp3) is 0.462. The van der Waals surface area contributed by atoms with E-state index in [4.69, 9.17) is 14.6 Å². The molecule has 4 heteroatoms. The first-order chi connectivity index (χ1) is 8.24. The lowest BCUT2D eigenvalue weighted by molar-refractivity contribution is -0.137. The number of carbonyl (C=O) groups is 1. The van der Waals surface area contributed by atoms with Crippen LogP contribution in [0.15, 0.2) is 24.3 Å².